The number of aromatic nitrogens is 1. The quantitative estimate of drug-likeness (QED) is 0.654. The van der Waals surface area contributed by atoms with Gasteiger partial charge in [-0.1, -0.05) is 11.6 Å². The molecular formula is C10H5Br2ClN2O4S2. The third-order valence-corrected chi connectivity index (χ3v) is 6.55. The van der Waals surface area contributed by atoms with Gasteiger partial charge >= 0.3 is 5.97 Å². The zero-order chi connectivity index (χ0) is 15.8. The van der Waals surface area contributed by atoms with E-state index in [1.165, 1.54) is 12.3 Å². The number of hydrogen-bond acceptors (Lipinski definition) is 5. The number of hydrogen-bond donors (Lipinski definition) is 2. The molecule has 2 aromatic heterocycles. The van der Waals surface area contributed by atoms with Gasteiger partial charge in [0.1, 0.15) is 9.77 Å². The zero-order valence-electron chi connectivity index (χ0n) is 9.80. The summed E-state index contributed by atoms with van der Waals surface area (Å²) in [7, 11) is -3.99. The van der Waals surface area contributed by atoms with Gasteiger partial charge in [0.05, 0.1) is 9.47 Å². The van der Waals surface area contributed by atoms with Crippen LogP contribution in [0.25, 0.3) is 0 Å². The highest BCUT2D eigenvalue weighted by molar-refractivity contribution is 9.11. The molecule has 112 valence electrons. The number of nitrogens with one attached hydrogen (secondary N) is 1. The van der Waals surface area contributed by atoms with E-state index < -0.39 is 16.0 Å². The molecule has 0 saturated heterocycles. The van der Waals surface area contributed by atoms with Crippen LogP contribution in [-0.2, 0) is 10.0 Å². The minimum Gasteiger partial charge on any atom is -0.477 e. The topological polar surface area (TPSA) is 96.4 Å². The fraction of sp³-hybridized carbons (Fsp3) is 0. The number of aromatic carboxylic acids is 1. The summed E-state index contributed by atoms with van der Waals surface area (Å²) < 4.78 is 27.6. The molecule has 2 N–H and O–H groups in total. The predicted octanol–water partition coefficient (Wildman–Crippen LogP) is 3.82. The number of halogens is 3. The minimum atomic E-state index is -3.99. The average Bonchev–Trinajstić information content (AvgIpc) is 2.77. The lowest BCUT2D eigenvalue weighted by atomic mass is 10.4. The molecule has 0 saturated carbocycles. The minimum absolute atomic E-state index is 0.0217. The van der Waals surface area contributed by atoms with Gasteiger partial charge in [0.15, 0.2) is 5.15 Å². The fourth-order valence-electron chi connectivity index (χ4n) is 1.33. The fourth-order valence-corrected chi connectivity index (χ4v) is 5.33. The van der Waals surface area contributed by atoms with Crippen LogP contribution in [0, 0.1) is 0 Å². The van der Waals surface area contributed by atoms with Gasteiger partial charge in [-0.3, -0.25) is 4.72 Å². The van der Waals surface area contributed by atoms with Gasteiger partial charge in [0, 0.05) is 10.7 Å². The van der Waals surface area contributed by atoms with Crippen molar-refractivity contribution in [2.75, 3.05) is 4.72 Å². The van der Waals surface area contributed by atoms with Gasteiger partial charge in [0.2, 0.25) is 0 Å². The molecule has 0 fully saturated rings. The van der Waals surface area contributed by atoms with E-state index in [1.54, 1.807) is 0 Å². The Balaban J connectivity index is 2.43. The molecule has 0 radical (unpaired) electrons. The summed E-state index contributed by atoms with van der Waals surface area (Å²) in [6.07, 6.45) is 1.42. The van der Waals surface area contributed by atoms with Crippen molar-refractivity contribution in [2.45, 2.75) is 4.90 Å². The molecule has 0 unspecified atom stereocenters. The first-order valence-electron chi connectivity index (χ1n) is 5.07. The van der Waals surface area contributed by atoms with Crippen LogP contribution in [0.5, 0.6) is 0 Å². The summed E-state index contributed by atoms with van der Waals surface area (Å²) in [6, 6.07) is 2.52. The predicted molar refractivity (Wildman–Crippen MR) is 86.7 cm³/mol. The molecule has 0 aliphatic heterocycles. The highest BCUT2D eigenvalue weighted by Gasteiger charge is 2.24. The number of carboxylic acids is 1. The Morgan fingerprint density at radius 1 is 1.38 bits per heavy atom. The van der Waals surface area contributed by atoms with Gasteiger partial charge in [-0.25, -0.2) is 18.2 Å². The number of sulfonamides is 1. The summed E-state index contributed by atoms with van der Waals surface area (Å²) in [5, 5.41) is 8.87. The molecule has 0 aromatic carbocycles. The third-order valence-electron chi connectivity index (χ3n) is 2.21. The lowest BCUT2D eigenvalue weighted by Gasteiger charge is -2.08. The Hall–Kier alpha value is -0.680. The van der Waals surface area contributed by atoms with Crippen molar-refractivity contribution in [1.29, 1.82) is 0 Å². The van der Waals surface area contributed by atoms with Crippen molar-refractivity contribution < 1.29 is 18.3 Å². The monoisotopic (exact) mass is 474 g/mol. The molecule has 0 bridgehead atoms. The van der Waals surface area contributed by atoms with Crippen LogP contribution < -0.4 is 4.72 Å². The second-order valence-corrected chi connectivity index (χ2v) is 8.95. The molecule has 0 atom stereocenters. The standard InChI is InChI=1S/C10H5Br2ClN2O4S2/c11-4-1-5(9(13)14-3-4)15-21(18,19)7-2-6(10(16)17)20-8(7)12/h1-3,15H,(H,16,17). The second-order valence-electron chi connectivity index (χ2n) is 3.65. The summed E-state index contributed by atoms with van der Waals surface area (Å²) in [6.45, 7) is 0. The van der Waals surface area contributed by atoms with Gasteiger partial charge < -0.3 is 5.11 Å². The lowest BCUT2D eigenvalue weighted by molar-refractivity contribution is 0.0702. The molecule has 0 aliphatic carbocycles. The van der Waals surface area contributed by atoms with Crippen LogP contribution in [0.2, 0.25) is 5.15 Å². The molecule has 0 amide bonds. The van der Waals surface area contributed by atoms with Crippen LogP contribution in [-0.4, -0.2) is 24.5 Å². The molecule has 2 heterocycles. The van der Waals surface area contributed by atoms with Crippen molar-refractivity contribution in [3.8, 4) is 0 Å². The van der Waals surface area contributed by atoms with E-state index in [4.69, 9.17) is 16.7 Å². The SMILES string of the molecule is O=C(O)c1cc(S(=O)(=O)Nc2cc(Br)cnc2Cl)c(Br)s1. The van der Waals surface area contributed by atoms with E-state index in [-0.39, 0.29) is 24.4 Å². The number of anilines is 1. The van der Waals surface area contributed by atoms with E-state index in [2.05, 4.69) is 41.6 Å². The first-order chi connectivity index (χ1) is 9.70. The van der Waals surface area contributed by atoms with Gasteiger partial charge in [-0.2, -0.15) is 0 Å². The molecule has 6 nitrogen and oxygen atoms in total. The van der Waals surface area contributed by atoms with Crippen LogP contribution in [0.15, 0.2) is 31.5 Å². The van der Waals surface area contributed by atoms with Crippen LogP contribution in [0.1, 0.15) is 9.67 Å². The summed E-state index contributed by atoms with van der Waals surface area (Å²) in [5.74, 6) is -1.20. The molecular weight excluding hydrogens is 472 g/mol. The molecule has 0 aliphatic rings. The zero-order valence-corrected chi connectivity index (χ0v) is 15.4. The Kier molecular flexibility index (Phi) is 4.93. The summed E-state index contributed by atoms with van der Waals surface area (Å²) in [5.41, 5.74) is 0.0843. The Labute approximate surface area is 145 Å². The van der Waals surface area contributed by atoms with E-state index >= 15 is 0 Å². The van der Waals surface area contributed by atoms with Gasteiger partial charge in [-0.15, -0.1) is 11.3 Å². The number of rotatable bonds is 4. The molecule has 11 heteroatoms. The number of carboxylic acid groups (broad SMARTS) is 1. The molecule has 2 rings (SSSR count). The number of carbonyl (C=O) groups is 1. The first-order valence-corrected chi connectivity index (χ1v) is 9.33. The Bertz CT molecular complexity index is 822. The Morgan fingerprint density at radius 3 is 2.62 bits per heavy atom. The van der Waals surface area contributed by atoms with Crippen LogP contribution >= 0.6 is 54.8 Å². The summed E-state index contributed by atoms with van der Waals surface area (Å²) in [4.78, 5) is 14.4. The van der Waals surface area contributed by atoms with E-state index in [0.717, 1.165) is 17.4 Å². The number of pyridine rings is 1. The highest BCUT2D eigenvalue weighted by atomic mass is 79.9. The number of thiophene rings is 1. The maximum Gasteiger partial charge on any atom is 0.345 e. The van der Waals surface area contributed by atoms with Crippen molar-refractivity contribution in [3.63, 3.8) is 0 Å². The van der Waals surface area contributed by atoms with E-state index in [9.17, 15) is 13.2 Å². The first kappa shape index (κ1) is 16.7. The van der Waals surface area contributed by atoms with Crippen molar-refractivity contribution in [2.24, 2.45) is 0 Å². The second kappa shape index (κ2) is 6.21. The molecule has 21 heavy (non-hydrogen) atoms. The van der Waals surface area contributed by atoms with Crippen LogP contribution in [0.4, 0.5) is 5.69 Å². The van der Waals surface area contributed by atoms with Gasteiger partial charge in [-0.05, 0) is 44.0 Å². The van der Waals surface area contributed by atoms with Crippen molar-refractivity contribution in [1.82, 2.24) is 4.98 Å². The smallest absolute Gasteiger partial charge is 0.345 e. The molecule has 2 aromatic rings. The average molecular weight is 477 g/mol. The summed E-state index contributed by atoms with van der Waals surface area (Å²) >= 11 is 12.8. The lowest BCUT2D eigenvalue weighted by Crippen LogP contribution is -2.13. The number of nitrogens with zero attached hydrogens (tertiary/aromatic N) is 1. The van der Waals surface area contributed by atoms with Gasteiger partial charge in [0.25, 0.3) is 10.0 Å². The van der Waals surface area contributed by atoms with E-state index in [0.29, 0.717) is 4.47 Å². The molecule has 0 spiro atoms. The van der Waals surface area contributed by atoms with Crippen LogP contribution in [0.3, 0.4) is 0 Å². The highest BCUT2D eigenvalue weighted by Crippen LogP contribution is 2.34. The van der Waals surface area contributed by atoms with Crippen molar-refractivity contribution in [3.05, 3.63) is 36.6 Å². The normalized spacial score (nSPS) is 11.4. The van der Waals surface area contributed by atoms with Crippen molar-refractivity contribution >= 4 is 76.5 Å². The third kappa shape index (κ3) is 3.75. The maximum atomic E-state index is 12.3. The largest absolute Gasteiger partial charge is 0.477 e. The Morgan fingerprint density at radius 2 is 2.05 bits per heavy atom. The van der Waals surface area contributed by atoms with E-state index in [1.807, 2.05) is 0 Å². The maximum absolute atomic E-state index is 12.3.